The molecule has 8 nitrogen and oxygen atoms in total. The minimum Gasteiger partial charge on any atom is -0.507 e. The minimum absolute atomic E-state index is 0.0496. The highest BCUT2D eigenvalue weighted by Crippen LogP contribution is 2.45. The zero-order valence-corrected chi connectivity index (χ0v) is 14.3. The molecule has 1 aliphatic heterocycles. The number of aliphatic carboxylic acids is 2. The van der Waals surface area contributed by atoms with Crippen LogP contribution in [0.15, 0.2) is 11.6 Å². The van der Waals surface area contributed by atoms with Gasteiger partial charge in [-0.25, -0.2) is 4.79 Å². The molecular weight excluding hydrogens is 344 g/mol. The van der Waals surface area contributed by atoms with E-state index in [9.17, 15) is 29.7 Å². The van der Waals surface area contributed by atoms with Gasteiger partial charge in [0, 0.05) is 17.5 Å². The van der Waals surface area contributed by atoms with Gasteiger partial charge in [0.05, 0.1) is 7.11 Å². The van der Waals surface area contributed by atoms with Crippen LogP contribution in [0.5, 0.6) is 11.5 Å². The highest BCUT2D eigenvalue weighted by atomic mass is 16.5. The van der Waals surface area contributed by atoms with Crippen LogP contribution in [0.4, 0.5) is 0 Å². The Morgan fingerprint density at radius 1 is 1.31 bits per heavy atom. The molecule has 0 atom stereocenters. The van der Waals surface area contributed by atoms with Crippen molar-refractivity contribution in [3.05, 3.63) is 33.9 Å². The van der Waals surface area contributed by atoms with Crippen molar-refractivity contribution in [2.45, 2.75) is 32.8 Å². The number of hydrogen-bond acceptors (Lipinski definition) is 6. The summed E-state index contributed by atoms with van der Waals surface area (Å²) >= 11 is 0. The molecule has 3 rings (SSSR count). The molecule has 0 unspecified atom stereocenters. The van der Waals surface area contributed by atoms with Crippen LogP contribution in [0, 0.1) is 12.3 Å². The van der Waals surface area contributed by atoms with Crippen molar-refractivity contribution >= 4 is 17.9 Å². The van der Waals surface area contributed by atoms with Gasteiger partial charge in [-0.05, 0) is 25.3 Å². The number of phenolic OH excluding ortho intramolecular Hbond substituents is 1. The van der Waals surface area contributed by atoms with Crippen LogP contribution in [-0.4, -0.2) is 40.3 Å². The van der Waals surface area contributed by atoms with Crippen molar-refractivity contribution in [2.75, 3.05) is 7.11 Å². The van der Waals surface area contributed by atoms with E-state index in [-0.39, 0.29) is 37.2 Å². The number of carboxylic acid groups (broad SMARTS) is 2. The Balaban J connectivity index is 2.01. The molecule has 0 radical (unpaired) electrons. The molecule has 1 aromatic carbocycles. The lowest BCUT2D eigenvalue weighted by molar-refractivity contribution is -0.163. The van der Waals surface area contributed by atoms with E-state index in [1.165, 1.54) is 7.11 Å². The topological polar surface area (TPSA) is 130 Å². The van der Waals surface area contributed by atoms with Crippen LogP contribution < -0.4 is 4.74 Å². The van der Waals surface area contributed by atoms with Crippen molar-refractivity contribution in [1.82, 2.24) is 0 Å². The Hall–Kier alpha value is -3.03. The summed E-state index contributed by atoms with van der Waals surface area (Å²) in [6, 6.07) is 0. The third-order valence-electron chi connectivity index (χ3n) is 5.14. The number of fused-ring (bicyclic) bond motifs is 1. The largest absolute Gasteiger partial charge is 0.507 e. The number of phenols is 1. The molecule has 1 aromatic rings. The first kappa shape index (κ1) is 17.8. The van der Waals surface area contributed by atoms with Gasteiger partial charge in [0.2, 0.25) is 0 Å². The molecule has 8 heteroatoms. The first-order valence-corrected chi connectivity index (χ1v) is 7.96. The zero-order chi connectivity index (χ0) is 19.2. The van der Waals surface area contributed by atoms with Crippen LogP contribution in [0.1, 0.15) is 39.9 Å². The van der Waals surface area contributed by atoms with E-state index in [0.717, 1.165) is 0 Å². The molecule has 0 saturated carbocycles. The Morgan fingerprint density at radius 2 is 1.96 bits per heavy atom. The van der Waals surface area contributed by atoms with Gasteiger partial charge >= 0.3 is 17.9 Å². The fourth-order valence-electron chi connectivity index (χ4n) is 3.63. The van der Waals surface area contributed by atoms with E-state index in [1.807, 2.05) is 0 Å². The normalized spacial score (nSPS) is 17.5. The number of aromatic hydroxyl groups is 1. The molecule has 0 spiro atoms. The van der Waals surface area contributed by atoms with Gasteiger partial charge in [-0.2, -0.15) is 0 Å². The molecule has 0 fully saturated rings. The number of rotatable bonds is 5. The van der Waals surface area contributed by atoms with Gasteiger partial charge in [-0.3, -0.25) is 9.59 Å². The van der Waals surface area contributed by atoms with E-state index in [1.54, 1.807) is 13.0 Å². The average molecular weight is 362 g/mol. The van der Waals surface area contributed by atoms with Gasteiger partial charge in [0.15, 0.2) is 5.41 Å². The standard InChI is InChI=1S/C18H18O8/c1-8-11-7-26-15(20)12(11)13(19)10(14(8)25-2)5-9-3-4-18(6-9,16(21)22)17(23)24/h3,19H,4-7H2,1-2H3,(H,21,22)(H,23,24). The molecular formula is C18H18O8. The number of carbonyl (C=O) groups is 3. The zero-order valence-electron chi connectivity index (χ0n) is 14.3. The number of allylic oxidation sites excluding steroid dienone is 2. The summed E-state index contributed by atoms with van der Waals surface area (Å²) in [6.07, 6.45) is 1.32. The number of cyclic esters (lactones) is 1. The number of carboxylic acids is 2. The maximum Gasteiger partial charge on any atom is 0.342 e. The van der Waals surface area contributed by atoms with Crippen LogP contribution >= 0.6 is 0 Å². The molecule has 3 N–H and O–H groups in total. The molecule has 1 heterocycles. The quantitative estimate of drug-likeness (QED) is 0.411. The van der Waals surface area contributed by atoms with Gasteiger partial charge < -0.3 is 24.8 Å². The Labute approximate surface area is 148 Å². The lowest BCUT2D eigenvalue weighted by Crippen LogP contribution is -2.37. The third-order valence-corrected chi connectivity index (χ3v) is 5.14. The van der Waals surface area contributed by atoms with E-state index in [0.29, 0.717) is 28.0 Å². The Kier molecular flexibility index (Phi) is 4.14. The van der Waals surface area contributed by atoms with Crippen LogP contribution in [0.25, 0.3) is 0 Å². The number of methoxy groups -OCH3 is 1. The molecule has 0 saturated heterocycles. The summed E-state index contributed by atoms with van der Waals surface area (Å²) in [5.74, 6) is -3.32. The molecule has 2 aliphatic rings. The van der Waals surface area contributed by atoms with Crippen molar-refractivity contribution < 1.29 is 39.2 Å². The van der Waals surface area contributed by atoms with E-state index in [2.05, 4.69) is 0 Å². The SMILES string of the molecule is COc1c(C)c2c(c(O)c1CC1=CCC(C(=O)O)(C(=O)O)C1)C(=O)OC2. The maximum absolute atomic E-state index is 11.9. The number of benzene rings is 1. The average Bonchev–Trinajstić information content (AvgIpc) is 3.18. The second-order valence-electron chi connectivity index (χ2n) is 6.53. The van der Waals surface area contributed by atoms with Crippen LogP contribution in [0.3, 0.4) is 0 Å². The fraction of sp³-hybridized carbons (Fsp3) is 0.389. The van der Waals surface area contributed by atoms with E-state index >= 15 is 0 Å². The predicted octanol–water partition coefficient (Wildman–Crippen LogP) is 1.80. The van der Waals surface area contributed by atoms with Crippen LogP contribution in [-0.2, 0) is 27.4 Å². The fourth-order valence-corrected chi connectivity index (χ4v) is 3.63. The summed E-state index contributed by atoms with van der Waals surface area (Å²) in [4.78, 5) is 34.8. The summed E-state index contributed by atoms with van der Waals surface area (Å²) < 4.78 is 10.4. The van der Waals surface area contributed by atoms with Gasteiger partial charge in [0.25, 0.3) is 0 Å². The van der Waals surface area contributed by atoms with Crippen LogP contribution in [0.2, 0.25) is 0 Å². The summed E-state index contributed by atoms with van der Waals surface area (Å²) in [6.45, 7) is 1.79. The van der Waals surface area contributed by atoms with Crippen molar-refractivity contribution in [3.8, 4) is 11.5 Å². The van der Waals surface area contributed by atoms with Crippen molar-refractivity contribution in [1.29, 1.82) is 0 Å². The number of ether oxygens (including phenoxy) is 2. The number of esters is 1. The number of carbonyl (C=O) groups excluding carboxylic acids is 1. The van der Waals surface area contributed by atoms with Gasteiger partial charge in [-0.1, -0.05) is 11.6 Å². The maximum atomic E-state index is 11.9. The minimum atomic E-state index is -1.90. The highest BCUT2D eigenvalue weighted by molar-refractivity contribution is 6.00. The molecule has 138 valence electrons. The predicted molar refractivity (Wildman–Crippen MR) is 87.2 cm³/mol. The first-order valence-electron chi connectivity index (χ1n) is 7.96. The number of hydrogen-bond donors (Lipinski definition) is 3. The molecule has 26 heavy (non-hydrogen) atoms. The summed E-state index contributed by atoms with van der Waals surface area (Å²) in [5.41, 5.74) is 0.263. The lowest BCUT2D eigenvalue weighted by atomic mass is 9.83. The Morgan fingerprint density at radius 3 is 2.50 bits per heavy atom. The van der Waals surface area contributed by atoms with E-state index in [4.69, 9.17) is 9.47 Å². The van der Waals surface area contributed by atoms with Crippen molar-refractivity contribution in [3.63, 3.8) is 0 Å². The molecule has 1 aliphatic carbocycles. The van der Waals surface area contributed by atoms with Crippen molar-refractivity contribution in [2.24, 2.45) is 5.41 Å². The Bertz CT molecular complexity index is 851. The second-order valence-corrected chi connectivity index (χ2v) is 6.53. The molecule has 0 bridgehead atoms. The summed E-state index contributed by atoms with van der Waals surface area (Å²) in [7, 11) is 1.43. The highest BCUT2D eigenvalue weighted by Gasteiger charge is 2.49. The second kappa shape index (κ2) is 6.05. The van der Waals surface area contributed by atoms with Gasteiger partial charge in [-0.15, -0.1) is 0 Å². The smallest absolute Gasteiger partial charge is 0.342 e. The first-order chi connectivity index (χ1) is 12.2. The monoisotopic (exact) mass is 362 g/mol. The summed E-state index contributed by atoms with van der Waals surface area (Å²) in [5, 5.41) is 29.2. The van der Waals surface area contributed by atoms with Gasteiger partial charge in [0.1, 0.15) is 23.7 Å². The van der Waals surface area contributed by atoms with E-state index < -0.39 is 23.3 Å². The lowest BCUT2D eigenvalue weighted by Gasteiger charge is -2.20. The third kappa shape index (κ3) is 2.40. The molecule has 0 aromatic heterocycles. The molecule has 0 amide bonds.